The van der Waals surface area contributed by atoms with Crippen molar-refractivity contribution in [3.63, 3.8) is 0 Å². The highest BCUT2D eigenvalue weighted by Crippen LogP contribution is 2.35. The quantitative estimate of drug-likeness (QED) is 0.603. The van der Waals surface area contributed by atoms with Crippen LogP contribution in [0.4, 0.5) is 0 Å². The van der Waals surface area contributed by atoms with Crippen molar-refractivity contribution in [1.82, 2.24) is 0 Å². The Hall–Kier alpha value is -0.455. The lowest BCUT2D eigenvalue weighted by Gasteiger charge is -2.30. The summed E-state index contributed by atoms with van der Waals surface area (Å²) in [5.41, 5.74) is 1.94. The third-order valence-electron chi connectivity index (χ3n) is 3.05. The first-order chi connectivity index (χ1) is 6.91. The summed E-state index contributed by atoms with van der Waals surface area (Å²) >= 11 is 0. The van der Waals surface area contributed by atoms with E-state index in [1.165, 1.54) is 25.6 Å². The summed E-state index contributed by atoms with van der Waals surface area (Å²) in [7, 11) is 1.23. The van der Waals surface area contributed by atoms with Crippen LogP contribution in [0.5, 0.6) is 0 Å². The Morgan fingerprint density at radius 2 is 2.00 bits per heavy atom. The molecule has 1 aliphatic rings. The molecule has 0 nitrogen and oxygen atoms in total. The minimum atomic E-state index is 0.411. The molecular formula is C14H25B. The van der Waals surface area contributed by atoms with E-state index in [4.69, 9.17) is 0 Å². The molecule has 0 aromatic carbocycles. The van der Waals surface area contributed by atoms with E-state index < -0.39 is 0 Å². The summed E-state index contributed by atoms with van der Waals surface area (Å²) in [4.78, 5) is 0. The van der Waals surface area contributed by atoms with E-state index >= 15 is 0 Å². The second kappa shape index (κ2) is 5.05. The smallest absolute Gasteiger partial charge is 0.0896 e. The molecule has 0 bridgehead atoms. The SMILES string of the molecule is CC(C)BC1=CCC(C)(CC(C)C)C=C1. The van der Waals surface area contributed by atoms with Gasteiger partial charge in [0, 0.05) is 0 Å². The van der Waals surface area contributed by atoms with Gasteiger partial charge in [0.05, 0.1) is 0 Å². The molecule has 1 atom stereocenters. The molecule has 1 rings (SSSR count). The molecule has 1 heteroatoms. The summed E-state index contributed by atoms with van der Waals surface area (Å²) in [5.74, 6) is 1.56. The first kappa shape index (κ1) is 12.6. The zero-order chi connectivity index (χ0) is 11.5. The van der Waals surface area contributed by atoms with Crippen molar-refractivity contribution in [1.29, 1.82) is 0 Å². The Morgan fingerprint density at radius 3 is 2.40 bits per heavy atom. The van der Waals surface area contributed by atoms with Crippen LogP contribution in [-0.4, -0.2) is 7.28 Å². The van der Waals surface area contributed by atoms with E-state index in [9.17, 15) is 0 Å². The average Bonchev–Trinajstić information content (AvgIpc) is 2.07. The predicted octanol–water partition coefficient (Wildman–Crippen LogP) is 4.15. The van der Waals surface area contributed by atoms with Gasteiger partial charge in [-0.2, -0.15) is 0 Å². The van der Waals surface area contributed by atoms with Crippen molar-refractivity contribution < 1.29 is 0 Å². The number of rotatable bonds is 4. The highest BCUT2D eigenvalue weighted by atomic mass is 14.3. The molecule has 0 aromatic heterocycles. The molecule has 0 aromatic rings. The van der Waals surface area contributed by atoms with Gasteiger partial charge in [0.25, 0.3) is 0 Å². The fourth-order valence-corrected chi connectivity index (χ4v) is 2.52. The van der Waals surface area contributed by atoms with Crippen molar-refractivity contribution >= 4 is 7.28 Å². The van der Waals surface area contributed by atoms with E-state index in [2.05, 4.69) is 52.8 Å². The van der Waals surface area contributed by atoms with Gasteiger partial charge in [-0.15, -0.1) is 0 Å². The van der Waals surface area contributed by atoms with Gasteiger partial charge in [0.2, 0.25) is 0 Å². The topological polar surface area (TPSA) is 0 Å². The van der Waals surface area contributed by atoms with Gasteiger partial charge in [-0.3, -0.25) is 0 Å². The van der Waals surface area contributed by atoms with Gasteiger partial charge in [0.15, 0.2) is 7.28 Å². The highest BCUT2D eigenvalue weighted by Gasteiger charge is 2.23. The molecule has 1 aliphatic carbocycles. The molecule has 0 saturated carbocycles. The Balaban J connectivity index is 2.54. The molecule has 0 heterocycles. The molecule has 0 fully saturated rings. The maximum absolute atomic E-state index is 2.45. The highest BCUT2D eigenvalue weighted by molar-refractivity contribution is 6.48. The minimum Gasteiger partial charge on any atom is -0.0896 e. The number of allylic oxidation sites excluding steroid dienone is 4. The fraction of sp³-hybridized carbons (Fsp3) is 0.714. The lowest BCUT2D eigenvalue weighted by Crippen LogP contribution is -2.18. The summed E-state index contributed by atoms with van der Waals surface area (Å²) in [5, 5.41) is 0. The van der Waals surface area contributed by atoms with E-state index in [1.54, 1.807) is 0 Å². The summed E-state index contributed by atoms with van der Waals surface area (Å²) in [6, 6.07) is 0. The van der Waals surface area contributed by atoms with Gasteiger partial charge in [-0.05, 0) is 24.2 Å². The summed E-state index contributed by atoms with van der Waals surface area (Å²) in [6.45, 7) is 11.6. The van der Waals surface area contributed by atoms with Gasteiger partial charge >= 0.3 is 0 Å². The molecule has 0 N–H and O–H groups in total. The third-order valence-corrected chi connectivity index (χ3v) is 3.05. The van der Waals surface area contributed by atoms with Crippen molar-refractivity contribution in [2.75, 3.05) is 0 Å². The van der Waals surface area contributed by atoms with E-state index in [-0.39, 0.29) is 0 Å². The molecule has 1 unspecified atom stereocenters. The van der Waals surface area contributed by atoms with Gasteiger partial charge in [-0.1, -0.05) is 64.1 Å². The minimum absolute atomic E-state index is 0.411. The Bertz CT molecular complexity index is 261. The molecule has 0 amide bonds. The normalized spacial score (nSPS) is 25.9. The van der Waals surface area contributed by atoms with Gasteiger partial charge < -0.3 is 0 Å². The second-order valence-corrected chi connectivity index (χ2v) is 6.17. The van der Waals surface area contributed by atoms with Crippen LogP contribution in [0.15, 0.2) is 23.7 Å². The molecular weight excluding hydrogens is 179 g/mol. The van der Waals surface area contributed by atoms with Gasteiger partial charge in [-0.25, -0.2) is 0 Å². The third kappa shape index (κ3) is 4.28. The maximum Gasteiger partial charge on any atom is 0.159 e. The van der Waals surface area contributed by atoms with E-state index in [1.807, 2.05) is 0 Å². The Labute approximate surface area is 96.1 Å². The second-order valence-electron chi connectivity index (χ2n) is 6.17. The summed E-state index contributed by atoms with van der Waals surface area (Å²) < 4.78 is 0. The average molecular weight is 204 g/mol. The zero-order valence-corrected chi connectivity index (χ0v) is 11.0. The maximum atomic E-state index is 2.45. The molecule has 0 spiro atoms. The van der Waals surface area contributed by atoms with Crippen LogP contribution in [0.3, 0.4) is 0 Å². The molecule has 0 aliphatic heterocycles. The van der Waals surface area contributed by atoms with Crippen LogP contribution in [-0.2, 0) is 0 Å². The van der Waals surface area contributed by atoms with E-state index in [0.717, 1.165) is 11.7 Å². The van der Waals surface area contributed by atoms with Crippen LogP contribution >= 0.6 is 0 Å². The molecule has 0 saturated heterocycles. The van der Waals surface area contributed by atoms with Crippen molar-refractivity contribution in [2.24, 2.45) is 11.3 Å². The monoisotopic (exact) mass is 204 g/mol. The lowest BCUT2D eigenvalue weighted by atomic mass is 9.57. The fourth-order valence-electron chi connectivity index (χ4n) is 2.52. The lowest BCUT2D eigenvalue weighted by molar-refractivity contribution is 0.334. The first-order valence-corrected chi connectivity index (χ1v) is 6.29. The summed E-state index contributed by atoms with van der Waals surface area (Å²) in [6.07, 6.45) is 9.76. The van der Waals surface area contributed by atoms with Crippen LogP contribution in [0.1, 0.15) is 47.5 Å². The van der Waals surface area contributed by atoms with Crippen LogP contribution in [0, 0.1) is 11.3 Å². The van der Waals surface area contributed by atoms with Crippen LogP contribution in [0.2, 0.25) is 5.82 Å². The van der Waals surface area contributed by atoms with Crippen molar-refractivity contribution in [3.8, 4) is 0 Å². The number of hydrogen-bond acceptors (Lipinski definition) is 0. The van der Waals surface area contributed by atoms with Crippen LogP contribution < -0.4 is 0 Å². The van der Waals surface area contributed by atoms with Gasteiger partial charge in [0.1, 0.15) is 0 Å². The van der Waals surface area contributed by atoms with Crippen molar-refractivity contribution in [2.45, 2.75) is 53.3 Å². The first-order valence-electron chi connectivity index (χ1n) is 6.29. The largest absolute Gasteiger partial charge is 0.159 e. The van der Waals surface area contributed by atoms with Crippen LogP contribution in [0.25, 0.3) is 0 Å². The number of hydrogen-bond donors (Lipinski definition) is 0. The van der Waals surface area contributed by atoms with Crippen molar-refractivity contribution in [3.05, 3.63) is 23.7 Å². The van der Waals surface area contributed by atoms with E-state index in [0.29, 0.717) is 5.41 Å². The zero-order valence-electron chi connectivity index (χ0n) is 11.0. The molecule has 15 heavy (non-hydrogen) atoms. The molecule has 0 radical (unpaired) electrons. The standard InChI is InChI=1S/C14H25B/c1-11(2)10-14(5)8-6-13(7-9-14)15-12(3)4/h6-8,11-12,15H,9-10H2,1-5H3. The Morgan fingerprint density at radius 1 is 1.33 bits per heavy atom. The Kier molecular flexibility index (Phi) is 4.25. The molecule has 84 valence electrons. The predicted molar refractivity (Wildman–Crippen MR) is 71.6 cm³/mol.